The summed E-state index contributed by atoms with van der Waals surface area (Å²) < 4.78 is 7.56. The smallest absolute Gasteiger partial charge is 0.262 e. The Labute approximate surface area is 169 Å². The first-order valence-electron chi connectivity index (χ1n) is 9.45. The van der Waals surface area contributed by atoms with Crippen molar-refractivity contribution in [1.29, 1.82) is 0 Å². The van der Waals surface area contributed by atoms with Gasteiger partial charge < -0.3 is 9.63 Å². The lowest BCUT2D eigenvalue weighted by Gasteiger charge is -2.20. The van der Waals surface area contributed by atoms with Crippen LogP contribution in [0.3, 0.4) is 0 Å². The van der Waals surface area contributed by atoms with Gasteiger partial charge in [-0.2, -0.15) is 10.1 Å². The topological polar surface area (TPSA) is 89.9 Å². The molecule has 0 amide bonds. The van der Waals surface area contributed by atoms with E-state index < -0.39 is 0 Å². The van der Waals surface area contributed by atoms with Gasteiger partial charge in [0.05, 0.1) is 24.1 Å². The number of rotatable bonds is 5. The molecule has 4 rings (SSSR count). The summed E-state index contributed by atoms with van der Waals surface area (Å²) in [4.78, 5) is 8.71. The molecule has 3 aromatic heterocycles. The molecule has 148 valence electrons. The van der Waals surface area contributed by atoms with E-state index in [2.05, 4.69) is 41.0 Å². The van der Waals surface area contributed by atoms with E-state index in [9.17, 15) is 5.11 Å². The van der Waals surface area contributed by atoms with Crippen LogP contribution in [-0.2, 0) is 13.2 Å². The molecule has 3 heterocycles. The van der Waals surface area contributed by atoms with Gasteiger partial charge in [-0.15, -0.1) is 0 Å². The minimum absolute atomic E-state index is 0.0000282. The largest absolute Gasteiger partial charge is 0.392 e. The average molecular weight is 389 g/mol. The normalized spacial score (nSPS) is 11.7. The molecule has 0 spiro atoms. The summed E-state index contributed by atoms with van der Waals surface area (Å²) in [6.07, 6.45) is 5.29. The van der Waals surface area contributed by atoms with Crippen molar-refractivity contribution in [2.75, 3.05) is 0 Å². The number of aliphatic hydroxyl groups excluding tert-OH is 1. The predicted molar refractivity (Wildman–Crippen MR) is 110 cm³/mol. The third-order valence-electron chi connectivity index (χ3n) is 4.47. The van der Waals surface area contributed by atoms with Crippen LogP contribution < -0.4 is 0 Å². The fourth-order valence-electron chi connectivity index (χ4n) is 3.13. The summed E-state index contributed by atoms with van der Waals surface area (Å²) in [5.41, 5.74) is 4.41. The van der Waals surface area contributed by atoms with Crippen molar-refractivity contribution < 1.29 is 9.63 Å². The van der Waals surface area contributed by atoms with Gasteiger partial charge in [0.1, 0.15) is 0 Å². The van der Waals surface area contributed by atoms with E-state index in [0.717, 1.165) is 34.5 Å². The van der Waals surface area contributed by atoms with Gasteiger partial charge in [0.2, 0.25) is 5.82 Å². The van der Waals surface area contributed by atoms with Crippen LogP contribution in [0.1, 0.15) is 26.3 Å². The Balaban J connectivity index is 1.76. The molecule has 0 aliphatic rings. The van der Waals surface area contributed by atoms with Crippen molar-refractivity contribution in [3.63, 3.8) is 0 Å². The summed E-state index contributed by atoms with van der Waals surface area (Å²) >= 11 is 0. The Hall–Kier alpha value is -3.32. The second-order valence-electron chi connectivity index (χ2n) is 8.14. The molecule has 0 aliphatic carbocycles. The Morgan fingerprint density at radius 2 is 1.72 bits per heavy atom. The number of hydrogen-bond donors (Lipinski definition) is 1. The molecule has 0 fully saturated rings. The number of pyridine rings is 1. The number of benzene rings is 1. The molecule has 0 saturated heterocycles. The SMILES string of the molecule is CC(C)(C)Cn1ncc(-c2nc(-c3ccc(CO)cc3)no2)c1-c1ccncc1. The fourth-order valence-corrected chi connectivity index (χ4v) is 3.13. The third kappa shape index (κ3) is 4.09. The minimum atomic E-state index is 0.0000282. The van der Waals surface area contributed by atoms with Crippen molar-refractivity contribution in [3.8, 4) is 34.1 Å². The molecule has 7 heteroatoms. The van der Waals surface area contributed by atoms with Gasteiger partial charge in [-0.3, -0.25) is 9.67 Å². The van der Waals surface area contributed by atoms with E-state index in [-0.39, 0.29) is 12.0 Å². The standard InChI is InChI=1S/C22H23N5O2/c1-22(2,3)14-27-19(16-8-10-23-11-9-16)18(12-24-27)21-25-20(26-29-21)17-6-4-15(13-28)5-7-17/h4-12,28H,13-14H2,1-3H3. The van der Waals surface area contributed by atoms with Crippen LogP contribution in [0, 0.1) is 5.41 Å². The second kappa shape index (κ2) is 7.60. The van der Waals surface area contributed by atoms with Gasteiger partial charge >= 0.3 is 0 Å². The van der Waals surface area contributed by atoms with E-state index in [0.29, 0.717) is 11.7 Å². The van der Waals surface area contributed by atoms with E-state index in [1.54, 1.807) is 18.6 Å². The molecule has 1 N–H and O–H groups in total. The van der Waals surface area contributed by atoms with E-state index in [1.165, 1.54) is 0 Å². The summed E-state index contributed by atoms with van der Waals surface area (Å²) in [6, 6.07) is 11.3. The predicted octanol–water partition coefficient (Wildman–Crippen LogP) is 4.20. The van der Waals surface area contributed by atoms with Crippen LogP contribution in [-0.4, -0.2) is 30.0 Å². The van der Waals surface area contributed by atoms with Gasteiger partial charge in [-0.25, -0.2) is 0 Å². The molecule has 7 nitrogen and oxygen atoms in total. The van der Waals surface area contributed by atoms with Gasteiger partial charge in [0.15, 0.2) is 0 Å². The van der Waals surface area contributed by atoms with Gasteiger partial charge in [0.25, 0.3) is 5.89 Å². The quantitative estimate of drug-likeness (QED) is 0.550. The third-order valence-corrected chi connectivity index (χ3v) is 4.47. The van der Waals surface area contributed by atoms with Crippen LogP contribution in [0.2, 0.25) is 0 Å². The lowest BCUT2D eigenvalue weighted by molar-refractivity contribution is 0.282. The molecule has 29 heavy (non-hydrogen) atoms. The van der Waals surface area contributed by atoms with Crippen LogP contribution in [0.5, 0.6) is 0 Å². The molecule has 0 radical (unpaired) electrons. The highest BCUT2D eigenvalue weighted by atomic mass is 16.5. The van der Waals surface area contributed by atoms with Gasteiger partial charge in [-0.1, -0.05) is 50.2 Å². The van der Waals surface area contributed by atoms with E-state index in [1.807, 2.05) is 41.1 Å². The summed E-state index contributed by atoms with van der Waals surface area (Å²) in [5.74, 6) is 0.909. The summed E-state index contributed by atoms with van der Waals surface area (Å²) in [7, 11) is 0. The molecule has 0 bridgehead atoms. The molecule has 0 saturated carbocycles. The highest BCUT2D eigenvalue weighted by Gasteiger charge is 2.23. The van der Waals surface area contributed by atoms with Crippen LogP contribution in [0.15, 0.2) is 59.5 Å². The van der Waals surface area contributed by atoms with Gasteiger partial charge in [-0.05, 0) is 23.1 Å². The zero-order valence-electron chi connectivity index (χ0n) is 16.7. The number of nitrogens with zero attached hydrogens (tertiary/aromatic N) is 5. The van der Waals surface area contributed by atoms with Crippen LogP contribution in [0.25, 0.3) is 34.1 Å². The maximum absolute atomic E-state index is 9.21. The van der Waals surface area contributed by atoms with Crippen molar-refractivity contribution in [2.45, 2.75) is 33.9 Å². The number of hydrogen-bond acceptors (Lipinski definition) is 6. The first-order chi connectivity index (χ1) is 13.9. The Bertz CT molecular complexity index is 1090. The van der Waals surface area contributed by atoms with Crippen LogP contribution >= 0.6 is 0 Å². The van der Waals surface area contributed by atoms with Crippen LogP contribution in [0.4, 0.5) is 0 Å². The number of aromatic nitrogens is 5. The molecule has 0 unspecified atom stereocenters. The first kappa shape index (κ1) is 19.0. The molecule has 0 atom stereocenters. The maximum atomic E-state index is 9.21. The van der Waals surface area contributed by atoms with E-state index >= 15 is 0 Å². The molecular weight excluding hydrogens is 366 g/mol. The van der Waals surface area contributed by atoms with Crippen molar-refractivity contribution in [1.82, 2.24) is 24.9 Å². The van der Waals surface area contributed by atoms with Crippen molar-refractivity contribution in [2.24, 2.45) is 5.41 Å². The fraction of sp³-hybridized carbons (Fsp3) is 0.273. The number of aliphatic hydroxyl groups is 1. The highest BCUT2D eigenvalue weighted by Crippen LogP contribution is 2.33. The summed E-state index contributed by atoms with van der Waals surface area (Å²) in [6.45, 7) is 7.26. The highest BCUT2D eigenvalue weighted by molar-refractivity contribution is 5.77. The van der Waals surface area contributed by atoms with Crippen molar-refractivity contribution in [3.05, 3.63) is 60.6 Å². The maximum Gasteiger partial charge on any atom is 0.262 e. The zero-order chi connectivity index (χ0) is 20.4. The molecule has 4 aromatic rings. The Morgan fingerprint density at radius 1 is 1.00 bits per heavy atom. The minimum Gasteiger partial charge on any atom is -0.392 e. The molecule has 0 aliphatic heterocycles. The van der Waals surface area contributed by atoms with Crippen molar-refractivity contribution >= 4 is 0 Å². The first-order valence-corrected chi connectivity index (χ1v) is 9.45. The average Bonchev–Trinajstić information content (AvgIpc) is 3.34. The van der Waals surface area contributed by atoms with Gasteiger partial charge in [0, 0.05) is 30.1 Å². The zero-order valence-corrected chi connectivity index (χ0v) is 16.7. The molecular formula is C22H23N5O2. The molecule has 1 aromatic carbocycles. The monoisotopic (exact) mass is 389 g/mol. The summed E-state index contributed by atoms with van der Waals surface area (Å²) in [5, 5.41) is 17.9. The van der Waals surface area contributed by atoms with E-state index in [4.69, 9.17) is 4.52 Å². The lowest BCUT2D eigenvalue weighted by atomic mass is 9.96. The Morgan fingerprint density at radius 3 is 2.38 bits per heavy atom. The Kier molecular flexibility index (Phi) is 4.98. The second-order valence-corrected chi connectivity index (χ2v) is 8.14. The lowest BCUT2D eigenvalue weighted by Crippen LogP contribution is -2.17.